The second-order valence-corrected chi connectivity index (χ2v) is 9.51. The smallest absolute Gasteiger partial charge is 0.269 e. The summed E-state index contributed by atoms with van der Waals surface area (Å²) in [5.41, 5.74) is 2.28. The molecule has 2 aromatic heterocycles. The summed E-state index contributed by atoms with van der Waals surface area (Å²) in [6.07, 6.45) is 0.225. The van der Waals surface area contributed by atoms with E-state index >= 15 is 0 Å². The fourth-order valence-electron chi connectivity index (χ4n) is 5.28. The highest BCUT2D eigenvalue weighted by molar-refractivity contribution is 6.09. The summed E-state index contributed by atoms with van der Waals surface area (Å²) in [5.74, 6) is -0.161. The number of nitro benzene ring substituents is 1. The van der Waals surface area contributed by atoms with E-state index in [4.69, 9.17) is 5.10 Å². The van der Waals surface area contributed by atoms with Crippen molar-refractivity contribution in [3.8, 4) is 5.75 Å². The molecule has 0 aliphatic carbocycles. The van der Waals surface area contributed by atoms with Crippen LogP contribution in [0.1, 0.15) is 23.6 Å². The number of nitrogens with zero attached hydrogens (tertiary/aromatic N) is 5. The van der Waals surface area contributed by atoms with E-state index in [-0.39, 0.29) is 29.0 Å². The van der Waals surface area contributed by atoms with Gasteiger partial charge in [0.15, 0.2) is 0 Å². The van der Waals surface area contributed by atoms with Crippen molar-refractivity contribution in [2.45, 2.75) is 12.5 Å². The fourth-order valence-corrected chi connectivity index (χ4v) is 5.28. The highest BCUT2D eigenvalue weighted by Gasteiger charge is 2.34. The number of fused-ring (bicyclic) bond motifs is 2. The van der Waals surface area contributed by atoms with Gasteiger partial charge in [-0.05, 0) is 23.8 Å². The highest BCUT2D eigenvalue weighted by Crippen LogP contribution is 2.40. The zero-order chi connectivity index (χ0) is 27.4. The predicted octanol–water partition coefficient (Wildman–Crippen LogP) is 4.36. The maximum atomic E-state index is 13.5. The molecule has 3 heterocycles. The molecule has 0 amide bonds. The lowest BCUT2D eigenvalue weighted by atomic mass is 9.97. The number of rotatable bonds is 4. The molecule has 0 fully saturated rings. The van der Waals surface area contributed by atoms with Crippen molar-refractivity contribution >= 4 is 38.9 Å². The summed E-state index contributed by atoms with van der Waals surface area (Å²) in [6.45, 7) is 0. The summed E-state index contributed by atoms with van der Waals surface area (Å²) in [4.78, 5) is 37.2. The van der Waals surface area contributed by atoms with Gasteiger partial charge < -0.3 is 14.2 Å². The van der Waals surface area contributed by atoms with Crippen molar-refractivity contribution in [3.05, 3.63) is 121 Å². The topological polar surface area (TPSA) is 123 Å². The summed E-state index contributed by atoms with van der Waals surface area (Å²) < 4.78 is 3.02. The number of hydrazone groups is 1. The van der Waals surface area contributed by atoms with Crippen molar-refractivity contribution in [2.24, 2.45) is 19.2 Å². The van der Waals surface area contributed by atoms with E-state index in [9.17, 15) is 24.8 Å². The normalized spacial score (nSPS) is 15.2. The van der Waals surface area contributed by atoms with Crippen LogP contribution in [-0.2, 0) is 14.1 Å². The maximum Gasteiger partial charge on any atom is 0.269 e. The molecule has 0 saturated heterocycles. The summed E-state index contributed by atoms with van der Waals surface area (Å²) in [5, 5.41) is 30.3. The van der Waals surface area contributed by atoms with Crippen LogP contribution in [0, 0.1) is 10.1 Å². The number of para-hydroxylation sites is 2. The lowest BCUT2D eigenvalue weighted by molar-refractivity contribution is -0.384. The second-order valence-electron chi connectivity index (χ2n) is 9.51. The van der Waals surface area contributed by atoms with Gasteiger partial charge in [-0.25, -0.2) is 0 Å². The van der Waals surface area contributed by atoms with E-state index < -0.39 is 16.5 Å². The van der Waals surface area contributed by atoms with Gasteiger partial charge in [0.1, 0.15) is 11.3 Å². The molecule has 1 N–H and O–H groups in total. The fraction of sp³-hybridized carbons (Fsp3) is 0.138. The number of aromatic nitrogens is 2. The van der Waals surface area contributed by atoms with Gasteiger partial charge in [-0.3, -0.25) is 24.7 Å². The molecule has 194 valence electrons. The molecular weight excluding hydrogens is 498 g/mol. The minimum atomic E-state index is -0.494. The molecule has 10 nitrogen and oxygen atoms in total. The van der Waals surface area contributed by atoms with E-state index in [1.54, 1.807) is 60.1 Å². The largest absolute Gasteiger partial charge is 0.506 e. The molecule has 0 radical (unpaired) electrons. The molecular formula is C29H23N5O5. The van der Waals surface area contributed by atoms with E-state index in [0.717, 1.165) is 5.39 Å². The van der Waals surface area contributed by atoms with Crippen LogP contribution in [0.25, 0.3) is 21.8 Å². The second kappa shape index (κ2) is 8.95. The van der Waals surface area contributed by atoms with E-state index in [1.807, 2.05) is 24.3 Å². The molecule has 6 rings (SSSR count). The molecule has 1 aliphatic heterocycles. The minimum Gasteiger partial charge on any atom is -0.506 e. The number of aryl methyl sites for hydroxylation is 2. The molecule has 39 heavy (non-hydrogen) atoms. The van der Waals surface area contributed by atoms with Crippen LogP contribution in [0.5, 0.6) is 5.75 Å². The monoisotopic (exact) mass is 521 g/mol. The maximum absolute atomic E-state index is 13.5. The van der Waals surface area contributed by atoms with Crippen molar-refractivity contribution in [2.75, 3.05) is 5.01 Å². The number of hydrogen-bond acceptors (Lipinski definition) is 7. The predicted molar refractivity (Wildman–Crippen MR) is 150 cm³/mol. The summed E-state index contributed by atoms with van der Waals surface area (Å²) >= 11 is 0. The highest BCUT2D eigenvalue weighted by atomic mass is 16.6. The third-order valence-corrected chi connectivity index (χ3v) is 7.34. The van der Waals surface area contributed by atoms with Crippen LogP contribution in [0.4, 0.5) is 11.4 Å². The third kappa shape index (κ3) is 3.76. The number of nitro groups is 1. The van der Waals surface area contributed by atoms with Gasteiger partial charge in [-0.1, -0.05) is 42.5 Å². The first-order valence-corrected chi connectivity index (χ1v) is 12.3. The first kappa shape index (κ1) is 24.1. The Kier molecular flexibility index (Phi) is 5.53. The number of non-ortho nitro benzene ring substituents is 1. The van der Waals surface area contributed by atoms with E-state index in [1.165, 1.54) is 22.8 Å². The molecule has 10 heteroatoms. The van der Waals surface area contributed by atoms with E-state index in [0.29, 0.717) is 33.4 Å². The van der Waals surface area contributed by atoms with Crippen molar-refractivity contribution in [1.82, 2.24) is 9.13 Å². The van der Waals surface area contributed by atoms with Gasteiger partial charge in [-0.15, -0.1) is 0 Å². The molecule has 5 aromatic rings. The quantitative estimate of drug-likeness (QED) is 0.277. The average molecular weight is 522 g/mol. The molecule has 1 atom stereocenters. The molecule has 0 bridgehead atoms. The standard InChI is InChI=1S/C29H23N5O5/c1-31-22-9-5-3-7-19(22)25(16-26(31)35)33-24(17-11-13-18(14-12-17)34(38)39)15-21(30-33)27-28(36)20-8-4-6-10-23(20)32(2)29(27)37/h3-14,16,24,36H,15H2,1-2H3. The SMILES string of the molecule is Cn1c(=O)cc(N2N=C(c3c(O)c4ccccc4n(C)c3=O)CC2c2ccc([N+](=O)[O-])cc2)c2ccccc21. The first-order valence-electron chi connectivity index (χ1n) is 12.3. The molecule has 0 saturated carbocycles. The summed E-state index contributed by atoms with van der Waals surface area (Å²) in [6, 6.07) is 21.6. The van der Waals surface area contributed by atoms with Crippen molar-refractivity contribution < 1.29 is 10.0 Å². The van der Waals surface area contributed by atoms with Crippen LogP contribution < -0.4 is 16.1 Å². The Labute approximate surface area is 221 Å². The van der Waals surface area contributed by atoms with Gasteiger partial charge in [0.25, 0.3) is 16.8 Å². The number of aromatic hydroxyl groups is 1. The van der Waals surface area contributed by atoms with Crippen molar-refractivity contribution in [3.63, 3.8) is 0 Å². The average Bonchev–Trinajstić information content (AvgIpc) is 3.38. The molecule has 1 aliphatic rings. The minimum absolute atomic E-state index is 0.0514. The van der Waals surface area contributed by atoms with Crippen LogP contribution in [0.15, 0.2) is 93.6 Å². The Morgan fingerprint density at radius 2 is 1.51 bits per heavy atom. The number of pyridine rings is 2. The van der Waals surface area contributed by atoms with Gasteiger partial charge in [0, 0.05) is 49.5 Å². The zero-order valence-corrected chi connectivity index (χ0v) is 21.1. The van der Waals surface area contributed by atoms with E-state index in [2.05, 4.69) is 0 Å². The van der Waals surface area contributed by atoms with Crippen LogP contribution in [-0.4, -0.2) is 24.9 Å². The van der Waals surface area contributed by atoms with Gasteiger partial charge >= 0.3 is 0 Å². The van der Waals surface area contributed by atoms with Gasteiger partial charge in [0.05, 0.1) is 33.4 Å². The summed E-state index contributed by atoms with van der Waals surface area (Å²) in [7, 11) is 3.33. The van der Waals surface area contributed by atoms with Crippen LogP contribution >= 0.6 is 0 Å². The lowest BCUT2D eigenvalue weighted by Gasteiger charge is -2.25. The number of anilines is 1. The number of hydrogen-bond donors (Lipinski definition) is 1. The molecule has 0 spiro atoms. The van der Waals surface area contributed by atoms with Crippen LogP contribution in [0.2, 0.25) is 0 Å². The number of benzene rings is 3. The Morgan fingerprint density at radius 1 is 0.897 bits per heavy atom. The molecule has 1 unspecified atom stereocenters. The Hall–Kier alpha value is -5.25. The Bertz CT molecular complexity index is 1960. The lowest BCUT2D eigenvalue weighted by Crippen LogP contribution is -2.24. The zero-order valence-electron chi connectivity index (χ0n) is 21.1. The Morgan fingerprint density at radius 3 is 2.18 bits per heavy atom. The Balaban J connectivity index is 1.60. The van der Waals surface area contributed by atoms with Gasteiger partial charge in [-0.2, -0.15) is 5.10 Å². The van der Waals surface area contributed by atoms with Gasteiger partial charge in [0.2, 0.25) is 0 Å². The molecule has 3 aromatic carbocycles. The van der Waals surface area contributed by atoms with Crippen molar-refractivity contribution in [1.29, 1.82) is 0 Å². The third-order valence-electron chi connectivity index (χ3n) is 7.34. The first-order chi connectivity index (χ1) is 18.8. The van der Waals surface area contributed by atoms with Crippen LogP contribution in [0.3, 0.4) is 0 Å².